The molecule has 0 saturated carbocycles. The van der Waals surface area contributed by atoms with Crippen molar-refractivity contribution in [1.29, 1.82) is 0 Å². The van der Waals surface area contributed by atoms with Gasteiger partial charge >= 0.3 is 5.97 Å². The van der Waals surface area contributed by atoms with Crippen LogP contribution in [0.5, 0.6) is 0 Å². The molecule has 0 spiro atoms. The number of ketones is 1. The van der Waals surface area contributed by atoms with Crippen LogP contribution in [0.1, 0.15) is 30.2 Å². The van der Waals surface area contributed by atoms with Crippen molar-refractivity contribution >= 4 is 35.0 Å². The zero-order valence-corrected chi connectivity index (χ0v) is 15.7. The molecule has 0 radical (unpaired) electrons. The molecule has 30 heavy (non-hydrogen) atoms. The average molecular weight is 410 g/mol. The van der Waals surface area contributed by atoms with E-state index in [0.29, 0.717) is 17.7 Å². The first kappa shape index (κ1) is 19.7. The minimum atomic E-state index is -1.33. The van der Waals surface area contributed by atoms with E-state index in [4.69, 9.17) is 5.11 Å². The molecule has 4 rings (SSSR count). The van der Waals surface area contributed by atoms with Gasteiger partial charge in [0, 0.05) is 18.5 Å². The molecule has 1 fully saturated rings. The summed E-state index contributed by atoms with van der Waals surface area (Å²) in [5, 5.41) is 26.2. The van der Waals surface area contributed by atoms with Crippen molar-refractivity contribution < 1.29 is 29.4 Å². The number of carbonyl (C=O) groups is 4. The van der Waals surface area contributed by atoms with Crippen LogP contribution in [-0.2, 0) is 25.7 Å². The van der Waals surface area contributed by atoms with Crippen LogP contribution in [0.15, 0.2) is 47.1 Å². The van der Waals surface area contributed by atoms with E-state index < -0.39 is 29.9 Å². The molecular weight excluding hydrogens is 392 g/mol. The number of nitrogens with zero attached hydrogens (tertiary/aromatic N) is 2. The molecular formula is C20H18N4O6. The van der Waals surface area contributed by atoms with Crippen LogP contribution in [0.2, 0.25) is 0 Å². The van der Waals surface area contributed by atoms with E-state index in [1.807, 2.05) is 0 Å². The highest BCUT2D eigenvalue weighted by Gasteiger charge is 2.40. The Balaban J connectivity index is 1.56. The van der Waals surface area contributed by atoms with Gasteiger partial charge in [0.15, 0.2) is 5.78 Å². The number of rotatable bonds is 4. The number of hydrogen-bond acceptors (Lipinski definition) is 8. The zero-order chi connectivity index (χ0) is 21.4. The Morgan fingerprint density at radius 2 is 2.03 bits per heavy atom. The molecule has 10 heteroatoms. The van der Waals surface area contributed by atoms with Gasteiger partial charge in [-0.05, 0) is 36.3 Å². The van der Waals surface area contributed by atoms with Crippen molar-refractivity contribution in [1.82, 2.24) is 10.2 Å². The number of fused-ring (bicyclic) bond motifs is 1. The van der Waals surface area contributed by atoms with E-state index in [1.165, 1.54) is 12.2 Å². The predicted molar refractivity (Wildman–Crippen MR) is 104 cm³/mol. The molecule has 1 saturated heterocycles. The van der Waals surface area contributed by atoms with Crippen molar-refractivity contribution in [2.75, 3.05) is 5.43 Å². The van der Waals surface area contributed by atoms with Crippen LogP contribution in [0, 0.1) is 0 Å². The van der Waals surface area contributed by atoms with Crippen LogP contribution in [0.25, 0.3) is 0 Å². The number of piperidine rings is 1. The van der Waals surface area contributed by atoms with Gasteiger partial charge in [0.1, 0.15) is 11.8 Å². The van der Waals surface area contributed by atoms with Crippen LogP contribution >= 0.6 is 0 Å². The Hall–Kier alpha value is -3.63. The highest BCUT2D eigenvalue weighted by atomic mass is 16.4. The topological polar surface area (TPSA) is 148 Å². The number of carboxylic acids is 1. The van der Waals surface area contributed by atoms with Crippen LogP contribution in [-0.4, -0.2) is 50.4 Å². The fourth-order valence-corrected chi connectivity index (χ4v) is 3.73. The lowest BCUT2D eigenvalue weighted by atomic mass is 10.0. The first-order valence-corrected chi connectivity index (χ1v) is 9.25. The second-order valence-electron chi connectivity index (χ2n) is 7.10. The summed E-state index contributed by atoms with van der Waals surface area (Å²) >= 11 is 0. The normalized spacial score (nSPS) is 25.2. The SMILES string of the molecule is O=C1CCC(N2Cc3c(N/N=C4/C=CC(=O)C(C(=O)O)=C4)cccc3C2O)C(=O)N1. The molecule has 3 aliphatic rings. The molecule has 2 aliphatic heterocycles. The third-order valence-corrected chi connectivity index (χ3v) is 5.25. The maximum Gasteiger partial charge on any atom is 0.339 e. The largest absolute Gasteiger partial charge is 0.478 e. The maximum atomic E-state index is 12.2. The van der Waals surface area contributed by atoms with Crippen LogP contribution in [0.4, 0.5) is 5.69 Å². The Labute approximate surface area is 170 Å². The number of nitrogens with one attached hydrogen (secondary N) is 2. The number of aliphatic carboxylic acids is 1. The smallest absolute Gasteiger partial charge is 0.339 e. The van der Waals surface area contributed by atoms with Crippen molar-refractivity contribution in [2.45, 2.75) is 31.7 Å². The summed E-state index contributed by atoms with van der Waals surface area (Å²) in [6.07, 6.45) is 3.22. The number of imide groups is 1. The highest BCUT2D eigenvalue weighted by Crippen LogP contribution is 2.38. The number of hydrogen-bond donors (Lipinski definition) is 4. The monoisotopic (exact) mass is 410 g/mol. The van der Waals surface area contributed by atoms with E-state index in [1.54, 1.807) is 23.1 Å². The number of anilines is 1. The zero-order valence-electron chi connectivity index (χ0n) is 15.7. The summed E-state index contributed by atoms with van der Waals surface area (Å²) in [7, 11) is 0. The number of aliphatic hydroxyl groups is 1. The van der Waals surface area contributed by atoms with E-state index >= 15 is 0 Å². The molecule has 10 nitrogen and oxygen atoms in total. The molecule has 2 amide bonds. The summed E-state index contributed by atoms with van der Waals surface area (Å²) in [5.41, 5.74) is 4.64. The Bertz CT molecular complexity index is 1060. The summed E-state index contributed by atoms with van der Waals surface area (Å²) in [5.74, 6) is -2.70. The Morgan fingerprint density at radius 1 is 1.23 bits per heavy atom. The molecule has 0 aromatic heterocycles. The van der Waals surface area contributed by atoms with E-state index in [9.17, 15) is 24.3 Å². The maximum absolute atomic E-state index is 12.2. The van der Waals surface area contributed by atoms with Gasteiger partial charge < -0.3 is 10.2 Å². The minimum Gasteiger partial charge on any atom is -0.478 e. The molecule has 1 aliphatic carbocycles. The van der Waals surface area contributed by atoms with Crippen molar-refractivity contribution in [3.63, 3.8) is 0 Å². The summed E-state index contributed by atoms with van der Waals surface area (Å²) in [6.45, 7) is 0.265. The number of amides is 2. The van der Waals surface area contributed by atoms with Gasteiger partial charge in [-0.1, -0.05) is 12.1 Å². The lowest BCUT2D eigenvalue weighted by Gasteiger charge is -2.31. The van der Waals surface area contributed by atoms with Gasteiger partial charge in [-0.3, -0.25) is 30.0 Å². The molecule has 2 atom stereocenters. The molecule has 2 unspecified atom stereocenters. The van der Waals surface area contributed by atoms with Gasteiger partial charge in [-0.25, -0.2) is 4.79 Å². The number of carboxylic acid groups (broad SMARTS) is 1. The van der Waals surface area contributed by atoms with Gasteiger partial charge in [0.25, 0.3) is 0 Å². The Morgan fingerprint density at radius 3 is 2.77 bits per heavy atom. The quantitative estimate of drug-likeness (QED) is 0.238. The number of benzene rings is 1. The third kappa shape index (κ3) is 3.53. The summed E-state index contributed by atoms with van der Waals surface area (Å²) in [6, 6.07) is 4.57. The lowest BCUT2D eigenvalue weighted by Crippen LogP contribution is -2.51. The van der Waals surface area contributed by atoms with E-state index in [-0.39, 0.29) is 30.2 Å². The van der Waals surface area contributed by atoms with Crippen LogP contribution < -0.4 is 10.7 Å². The van der Waals surface area contributed by atoms with Crippen molar-refractivity contribution in [2.24, 2.45) is 5.10 Å². The van der Waals surface area contributed by atoms with Gasteiger partial charge in [-0.2, -0.15) is 5.10 Å². The second-order valence-corrected chi connectivity index (χ2v) is 7.10. The first-order valence-electron chi connectivity index (χ1n) is 9.25. The van der Waals surface area contributed by atoms with Crippen molar-refractivity contribution in [3.05, 3.63) is 53.1 Å². The second kappa shape index (κ2) is 7.65. The minimum absolute atomic E-state index is 0.206. The third-order valence-electron chi connectivity index (χ3n) is 5.25. The average Bonchev–Trinajstić information content (AvgIpc) is 3.04. The highest BCUT2D eigenvalue weighted by molar-refractivity contribution is 6.29. The fourth-order valence-electron chi connectivity index (χ4n) is 3.73. The van der Waals surface area contributed by atoms with Crippen molar-refractivity contribution in [3.8, 4) is 0 Å². The number of aliphatic hydroxyl groups excluding tert-OH is 1. The van der Waals surface area contributed by atoms with E-state index in [0.717, 1.165) is 11.6 Å². The van der Waals surface area contributed by atoms with Gasteiger partial charge in [-0.15, -0.1) is 0 Å². The molecule has 2 heterocycles. The summed E-state index contributed by atoms with van der Waals surface area (Å²) in [4.78, 5) is 47.9. The number of allylic oxidation sites excluding steroid dienone is 3. The summed E-state index contributed by atoms with van der Waals surface area (Å²) < 4.78 is 0. The van der Waals surface area contributed by atoms with Gasteiger partial charge in [0.2, 0.25) is 11.8 Å². The standard InChI is InChI=1S/C20H18N4O6/c25-16-6-4-10(8-12(16)20(29)30)22-23-14-3-1-2-11-13(14)9-24(19(11)28)15-5-7-17(26)21-18(15)27/h1-4,6,8,15,19,23,28H,5,7,9H2,(H,29,30)(H,21,26,27)/b22-10-. The van der Waals surface area contributed by atoms with E-state index in [2.05, 4.69) is 15.8 Å². The molecule has 154 valence electrons. The molecule has 0 bridgehead atoms. The lowest BCUT2D eigenvalue weighted by molar-refractivity contribution is -0.142. The number of carbonyl (C=O) groups excluding carboxylic acids is 3. The molecule has 4 N–H and O–H groups in total. The fraction of sp³-hybridized carbons (Fsp3) is 0.250. The molecule has 1 aromatic carbocycles. The predicted octanol–water partition coefficient (Wildman–Crippen LogP) is 0.216. The Kier molecular flexibility index (Phi) is 5.02. The van der Waals surface area contributed by atoms with Crippen LogP contribution in [0.3, 0.4) is 0 Å². The molecule has 1 aromatic rings. The first-order chi connectivity index (χ1) is 14.3. The number of hydrazone groups is 1. The van der Waals surface area contributed by atoms with Gasteiger partial charge in [0.05, 0.1) is 17.4 Å².